The summed E-state index contributed by atoms with van der Waals surface area (Å²) in [5, 5.41) is 5.75. The van der Waals surface area contributed by atoms with Crippen molar-refractivity contribution in [2.24, 2.45) is 5.92 Å². The number of fused-ring (bicyclic) bond motifs is 1. The van der Waals surface area contributed by atoms with Crippen molar-refractivity contribution < 1.29 is 18.0 Å². The molecule has 0 saturated heterocycles. The Kier molecular flexibility index (Phi) is 6.66. The van der Waals surface area contributed by atoms with Crippen LogP contribution in [-0.2, 0) is 4.79 Å². The van der Waals surface area contributed by atoms with Crippen molar-refractivity contribution in [3.8, 4) is 11.3 Å². The van der Waals surface area contributed by atoms with Gasteiger partial charge in [0, 0.05) is 23.3 Å². The molecule has 4 rings (SSSR count). The molecule has 3 aromatic heterocycles. The second-order valence-corrected chi connectivity index (χ2v) is 7.23. The fourth-order valence-corrected chi connectivity index (χ4v) is 3.97. The van der Waals surface area contributed by atoms with Crippen LogP contribution in [-0.4, -0.2) is 37.2 Å². The van der Waals surface area contributed by atoms with Gasteiger partial charge >= 0.3 is 6.18 Å². The maximum absolute atomic E-state index is 10.4. The number of aromatic nitrogens is 5. The lowest BCUT2D eigenvalue weighted by atomic mass is 9.94. The average molecular weight is 407 g/mol. The van der Waals surface area contributed by atoms with Crippen molar-refractivity contribution in [3.63, 3.8) is 0 Å². The lowest BCUT2D eigenvalue weighted by Gasteiger charge is -2.23. The second-order valence-electron chi connectivity index (χ2n) is 7.23. The Morgan fingerprint density at radius 3 is 2.69 bits per heavy atom. The largest absolute Gasteiger partial charge is 0.446 e. The molecule has 1 aliphatic carbocycles. The Hall–Kier alpha value is -2.71. The highest BCUT2D eigenvalue weighted by molar-refractivity contribution is 5.89. The van der Waals surface area contributed by atoms with E-state index in [0.29, 0.717) is 6.04 Å². The van der Waals surface area contributed by atoms with E-state index in [4.69, 9.17) is 9.89 Å². The molecular weight excluding hydrogens is 383 g/mol. The standard InChI is InChI=1S/C18H23N5.C2HF3O/c1-2-5-16(13-6-3-4-7-13)23-11-14(10-22-23)17-15-8-9-19-18(15)21-12-20-17;3-2(4,5)1-6/h8-13,16H,2-7H2,1H3,(H,19,20,21);1H. The van der Waals surface area contributed by atoms with Gasteiger partial charge in [-0.15, -0.1) is 0 Å². The van der Waals surface area contributed by atoms with E-state index < -0.39 is 12.5 Å². The first-order valence-corrected chi connectivity index (χ1v) is 9.78. The lowest BCUT2D eigenvalue weighted by Crippen LogP contribution is -2.17. The van der Waals surface area contributed by atoms with Crippen LogP contribution in [0.15, 0.2) is 31.0 Å². The van der Waals surface area contributed by atoms with Crippen molar-refractivity contribution in [2.45, 2.75) is 57.7 Å². The molecule has 0 aliphatic heterocycles. The maximum Gasteiger partial charge on any atom is 0.446 e. The van der Waals surface area contributed by atoms with Gasteiger partial charge in [-0.3, -0.25) is 9.48 Å². The number of hydrogen-bond donors (Lipinski definition) is 1. The van der Waals surface area contributed by atoms with E-state index in [1.807, 2.05) is 18.5 Å². The van der Waals surface area contributed by atoms with Crippen molar-refractivity contribution >= 4 is 17.3 Å². The van der Waals surface area contributed by atoms with Crippen LogP contribution in [0.25, 0.3) is 22.3 Å². The van der Waals surface area contributed by atoms with E-state index >= 15 is 0 Å². The first-order valence-electron chi connectivity index (χ1n) is 9.78. The fraction of sp³-hybridized carbons (Fsp3) is 0.500. The van der Waals surface area contributed by atoms with Gasteiger partial charge in [0.15, 0.2) is 0 Å². The van der Waals surface area contributed by atoms with Gasteiger partial charge in [-0.05, 0) is 31.2 Å². The smallest absolute Gasteiger partial charge is 0.346 e. The number of alkyl halides is 3. The zero-order chi connectivity index (χ0) is 20.9. The van der Waals surface area contributed by atoms with Gasteiger partial charge in [0.05, 0.1) is 17.9 Å². The van der Waals surface area contributed by atoms with Gasteiger partial charge < -0.3 is 4.98 Å². The molecular formula is C20H24F3N5O. The minimum atomic E-state index is -4.64. The van der Waals surface area contributed by atoms with E-state index in [1.165, 1.54) is 38.5 Å². The molecule has 0 aromatic carbocycles. The molecule has 0 amide bonds. The van der Waals surface area contributed by atoms with E-state index in [-0.39, 0.29) is 0 Å². The fourth-order valence-electron chi connectivity index (χ4n) is 3.97. The van der Waals surface area contributed by atoms with Gasteiger partial charge in [0.2, 0.25) is 6.29 Å². The number of aromatic amines is 1. The van der Waals surface area contributed by atoms with Crippen molar-refractivity contribution in [1.29, 1.82) is 0 Å². The van der Waals surface area contributed by atoms with Crippen LogP contribution >= 0.6 is 0 Å². The molecule has 156 valence electrons. The van der Waals surface area contributed by atoms with E-state index in [2.05, 4.69) is 32.8 Å². The summed E-state index contributed by atoms with van der Waals surface area (Å²) in [6.45, 7) is 2.26. The molecule has 1 aliphatic rings. The van der Waals surface area contributed by atoms with Crippen molar-refractivity contribution in [3.05, 3.63) is 31.0 Å². The molecule has 0 bridgehead atoms. The van der Waals surface area contributed by atoms with Crippen LogP contribution in [0.4, 0.5) is 13.2 Å². The minimum Gasteiger partial charge on any atom is -0.346 e. The molecule has 1 unspecified atom stereocenters. The number of H-pyrrole nitrogens is 1. The van der Waals surface area contributed by atoms with Gasteiger partial charge in [-0.1, -0.05) is 26.2 Å². The third kappa shape index (κ3) is 5.21. The average Bonchev–Trinajstić information content (AvgIpc) is 3.47. The van der Waals surface area contributed by atoms with Gasteiger partial charge in [-0.25, -0.2) is 9.97 Å². The van der Waals surface area contributed by atoms with Crippen LogP contribution in [0.5, 0.6) is 0 Å². The summed E-state index contributed by atoms with van der Waals surface area (Å²) in [5.74, 6) is 0.778. The maximum atomic E-state index is 10.4. The molecule has 1 N–H and O–H groups in total. The van der Waals surface area contributed by atoms with Gasteiger partial charge in [0.1, 0.15) is 12.0 Å². The minimum absolute atomic E-state index is 0.528. The highest BCUT2D eigenvalue weighted by Gasteiger charge is 2.27. The van der Waals surface area contributed by atoms with Gasteiger partial charge in [0.25, 0.3) is 0 Å². The highest BCUT2D eigenvalue weighted by atomic mass is 19.4. The first kappa shape index (κ1) is 21.0. The molecule has 1 saturated carbocycles. The summed E-state index contributed by atoms with van der Waals surface area (Å²) < 4.78 is 33.4. The Labute approximate surface area is 166 Å². The van der Waals surface area contributed by atoms with Crippen LogP contribution in [0, 0.1) is 5.92 Å². The molecule has 0 radical (unpaired) electrons. The molecule has 29 heavy (non-hydrogen) atoms. The van der Waals surface area contributed by atoms with Crippen LogP contribution < -0.4 is 0 Å². The monoisotopic (exact) mass is 407 g/mol. The zero-order valence-corrected chi connectivity index (χ0v) is 16.2. The number of hydrogen-bond acceptors (Lipinski definition) is 4. The lowest BCUT2D eigenvalue weighted by molar-refractivity contribution is -0.156. The zero-order valence-electron chi connectivity index (χ0n) is 16.2. The summed E-state index contributed by atoms with van der Waals surface area (Å²) >= 11 is 0. The first-order chi connectivity index (χ1) is 13.9. The molecule has 3 aromatic rings. The van der Waals surface area contributed by atoms with Crippen LogP contribution in [0.2, 0.25) is 0 Å². The number of nitrogens with one attached hydrogen (secondary N) is 1. The summed E-state index contributed by atoms with van der Waals surface area (Å²) in [4.78, 5) is 20.6. The third-order valence-corrected chi connectivity index (χ3v) is 5.23. The Bertz CT molecular complexity index is 927. The van der Waals surface area contributed by atoms with Crippen molar-refractivity contribution in [1.82, 2.24) is 24.7 Å². The molecule has 1 fully saturated rings. The second kappa shape index (κ2) is 9.19. The third-order valence-electron chi connectivity index (χ3n) is 5.23. The number of aldehydes is 1. The predicted molar refractivity (Wildman–Crippen MR) is 103 cm³/mol. The van der Waals surface area contributed by atoms with E-state index in [0.717, 1.165) is 28.2 Å². The Morgan fingerprint density at radius 1 is 1.31 bits per heavy atom. The summed E-state index contributed by atoms with van der Waals surface area (Å²) in [5.41, 5.74) is 2.92. The number of carbonyl (C=O) groups excluding carboxylic acids is 1. The van der Waals surface area contributed by atoms with E-state index in [9.17, 15) is 13.2 Å². The van der Waals surface area contributed by atoms with Crippen molar-refractivity contribution in [2.75, 3.05) is 0 Å². The number of halogens is 3. The quantitative estimate of drug-likeness (QED) is 0.597. The van der Waals surface area contributed by atoms with Gasteiger partial charge in [-0.2, -0.15) is 18.3 Å². The molecule has 1 atom stereocenters. The van der Waals surface area contributed by atoms with Crippen LogP contribution in [0.3, 0.4) is 0 Å². The molecule has 6 nitrogen and oxygen atoms in total. The normalized spacial score (nSPS) is 15.9. The summed E-state index contributed by atoms with van der Waals surface area (Å²) in [7, 11) is 0. The number of carbonyl (C=O) groups is 1. The molecule has 9 heteroatoms. The number of rotatable bonds is 5. The summed E-state index contributed by atoms with van der Waals surface area (Å²) in [6, 6.07) is 2.56. The predicted octanol–water partition coefficient (Wildman–Crippen LogP) is 5.10. The van der Waals surface area contributed by atoms with Crippen LogP contribution in [0.1, 0.15) is 51.5 Å². The SMILES string of the molecule is CCCC(C1CCCC1)n1cc(-c2ncnc3[nH]ccc23)cn1.O=CC(F)(F)F. The topological polar surface area (TPSA) is 76.5 Å². The summed E-state index contributed by atoms with van der Waals surface area (Å²) in [6.07, 6.45) is 9.78. The Morgan fingerprint density at radius 2 is 2.03 bits per heavy atom. The number of nitrogens with zero attached hydrogens (tertiary/aromatic N) is 4. The molecule has 0 spiro atoms. The van der Waals surface area contributed by atoms with E-state index in [1.54, 1.807) is 6.33 Å². The molecule has 3 heterocycles. The highest BCUT2D eigenvalue weighted by Crippen LogP contribution is 2.37. The Balaban J connectivity index is 0.000000353.